The Morgan fingerprint density at radius 1 is 1.00 bits per heavy atom. The maximum Gasteiger partial charge on any atom is 0.452 e. The Morgan fingerprint density at radius 3 is 2.04 bits per heavy atom. The van der Waals surface area contributed by atoms with Crippen LogP contribution in [0.4, 0.5) is 28.9 Å². The molecule has 2 rings (SSSR count). The molecule has 0 bridgehead atoms. The van der Waals surface area contributed by atoms with Crippen molar-refractivity contribution in [2.75, 3.05) is 5.43 Å². The van der Waals surface area contributed by atoms with Gasteiger partial charge in [0.15, 0.2) is 11.8 Å². The normalized spacial score (nSPS) is 12.3. The van der Waals surface area contributed by atoms with Crippen LogP contribution in [0.5, 0.6) is 0 Å². The molecule has 0 saturated carbocycles. The van der Waals surface area contributed by atoms with E-state index in [0.717, 1.165) is 36.4 Å². The van der Waals surface area contributed by atoms with Gasteiger partial charge in [-0.3, -0.25) is 19.7 Å². The number of halogens is 4. The van der Waals surface area contributed by atoms with Gasteiger partial charge in [-0.2, -0.15) is 13.2 Å². The second-order valence-corrected chi connectivity index (χ2v) is 5.24. The van der Waals surface area contributed by atoms with E-state index >= 15 is 0 Å². The van der Waals surface area contributed by atoms with Gasteiger partial charge in [0.25, 0.3) is 11.5 Å². The van der Waals surface area contributed by atoms with Gasteiger partial charge in [0.2, 0.25) is 0 Å². The van der Waals surface area contributed by atoms with Crippen molar-refractivity contribution in [3.63, 3.8) is 0 Å². The molecule has 1 atom stereocenters. The molecule has 27 heavy (non-hydrogen) atoms. The van der Waals surface area contributed by atoms with Gasteiger partial charge in [-0.15, -0.1) is 0 Å². The van der Waals surface area contributed by atoms with Gasteiger partial charge in [-0.05, 0) is 36.4 Å². The molecule has 0 aliphatic carbocycles. The molecule has 0 fully saturated rings. The number of anilines is 1. The first-order valence-electron chi connectivity index (χ1n) is 7.26. The first kappa shape index (κ1) is 20.0. The third kappa shape index (κ3) is 5.07. The SMILES string of the molecule is O=C(c1ccc([N+](=O)[O-])cc1)C(NNc1ccc(F)cc1)C(=O)C(F)(F)F. The van der Waals surface area contributed by atoms with Crippen molar-refractivity contribution >= 4 is 22.9 Å². The van der Waals surface area contributed by atoms with Crippen LogP contribution < -0.4 is 10.9 Å². The van der Waals surface area contributed by atoms with Gasteiger partial charge in [0.05, 0.1) is 4.92 Å². The Bertz CT molecular complexity index is 851. The third-order valence-corrected chi connectivity index (χ3v) is 3.37. The number of nitrogens with one attached hydrogen (secondary N) is 2. The molecule has 2 aromatic rings. The van der Waals surface area contributed by atoms with E-state index in [0.29, 0.717) is 0 Å². The highest BCUT2D eigenvalue weighted by Crippen LogP contribution is 2.21. The number of nitro groups is 1. The quantitative estimate of drug-likeness (QED) is 0.250. The van der Waals surface area contributed by atoms with Gasteiger partial charge in [0, 0.05) is 23.4 Å². The van der Waals surface area contributed by atoms with E-state index in [4.69, 9.17) is 0 Å². The predicted octanol–water partition coefficient (Wildman–Crippen LogP) is 3.03. The number of Topliss-reactive ketones (excluding diaryl/α,β-unsaturated/α-hetero) is 2. The number of non-ortho nitro benzene ring substituents is 1. The second kappa shape index (κ2) is 7.91. The van der Waals surface area contributed by atoms with E-state index in [2.05, 4.69) is 5.43 Å². The first-order chi connectivity index (χ1) is 12.6. The lowest BCUT2D eigenvalue weighted by Gasteiger charge is -2.19. The Morgan fingerprint density at radius 2 is 1.56 bits per heavy atom. The van der Waals surface area contributed by atoms with E-state index in [-0.39, 0.29) is 16.9 Å². The summed E-state index contributed by atoms with van der Waals surface area (Å²) in [4.78, 5) is 33.8. The zero-order chi connectivity index (χ0) is 20.2. The molecular formula is C16H11F4N3O4. The van der Waals surface area contributed by atoms with Crippen molar-refractivity contribution in [3.05, 3.63) is 70.0 Å². The molecule has 7 nitrogen and oxygen atoms in total. The molecule has 0 saturated heterocycles. The molecule has 11 heteroatoms. The largest absolute Gasteiger partial charge is 0.452 e. The molecule has 0 spiro atoms. The summed E-state index contributed by atoms with van der Waals surface area (Å²) in [6.07, 6.45) is -5.31. The van der Waals surface area contributed by atoms with Gasteiger partial charge in [-0.1, -0.05) is 0 Å². The molecule has 0 aliphatic rings. The zero-order valence-electron chi connectivity index (χ0n) is 13.3. The molecule has 0 radical (unpaired) electrons. The number of benzene rings is 2. The standard InChI is InChI=1S/C16H11F4N3O4/c17-10-3-5-11(6-4-10)21-22-13(15(25)16(18,19)20)14(24)9-1-7-12(8-2-9)23(26)27/h1-8,13,21-22H. The number of rotatable bonds is 7. The number of carbonyl (C=O) groups is 2. The van der Waals surface area contributed by atoms with Crippen molar-refractivity contribution < 1.29 is 32.1 Å². The Kier molecular flexibility index (Phi) is 5.85. The number of alkyl halides is 3. The Hall–Kier alpha value is -3.34. The van der Waals surface area contributed by atoms with Crippen molar-refractivity contribution in [1.82, 2.24) is 5.43 Å². The first-order valence-corrected chi connectivity index (χ1v) is 7.26. The minimum absolute atomic E-state index is 0.105. The molecule has 0 aliphatic heterocycles. The zero-order valence-corrected chi connectivity index (χ0v) is 13.3. The molecular weight excluding hydrogens is 374 g/mol. The lowest BCUT2D eigenvalue weighted by atomic mass is 10.0. The van der Waals surface area contributed by atoms with Crippen LogP contribution in [0.15, 0.2) is 48.5 Å². The average molecular weight is 385 g/mol. The lowest BCUT2D eigenvalue weighted by molar-refractivity contribution is -0.384. The summed E-state index contributed by atoms with van der Waals surface area (Å²) < 4.78 is 51.3. The lowest BCUT2D eigenvalue weighted by Crippen LogP contribution is -2.51. The predicted molar refractivity (Wildman–Crippen MR) is 85.4 cm³/mol. The molecule has 2 aromatic carbocycles. The fraction of sp³-hybridized carbons (Fsp3) is 0.125. The molecule has 142 valence electrons. The Balaban J connectivity index is 2.25. The van der Waals surface area contributed by atoms with Crippen LogP contribution in [-0.2, 0) is 4.79 Å². The molecule has 2 N–H and O–H groups in total. The highest BCUT2D eigenvalue weighted by molar-refractivity contribution is 6.15. The summed E-state index contributed by atoms with van der Waals surface area (Å²) in [5, 5.41) is 10.6. The van der Waals surface area contributed by atoms with E-state index in [1.165, 1.54) is 12.1 Å². The monoisotopic (exact) mass is 385 g/mol. The average Bonchev–Trinajstić information content (AvgIpc) is 2.62. The van der Waals surface area contributed by atoms with Crippen LogP contribution in [0.3, 0.4) is 0 Å². The van der Waals surface area contributed by atoms with Crippen LogP contribution in [0.25, 0.3) is 0 Å². The summed E-state index contributed by atoms with van der Waals surface area (Å²) in [5.74, 6) is -4.20. The van der Waals surface area contributed by atoms with E-state index in [1.54, 1.807) is 0 Å². The Labute approximate surface area is 149 Å². The summed E-state index contributed by atoms with van der Waals surface area (Å²) >= 11 is 0. The van der Waals surface area contributed by atoms with Crippen molar-refractivity contribution in [3.8, 4) is 0 Å². The van der Waals surface area contributed by atoms with Crippen LogP contribution >= 0.6 is 0 Å². The van der Waals surface area contributed by atoms with Gasteiger partial charge in [0.1, 0.15) is 5.82 Å². The molecule has 0 aromatic heterocycles. The minimum Gasteiger partial charge on any atom is -0.320 e. The molecule has 1 unspecified atom stereocenters. The van der Waals surface area contributed by atoms with Crippen molar-refractivity contribution in [2.45, 2.75) is 12.2 Å². The number of ketones is 2. The third-order valence-electron chi connectivity index (χ3n) is 3.37. The van der Waals surface area contributed by atoms with Gasteiger partial charge < -0.3 is 5.43 Å². The fourth-order valence-electron chi connectivity index (χ4n) is 2.02. The summed E-state index contributed by atoms with van der Waals surface area (Å²) in [7, 11) is 0. The van der Waals surface area contributed by atoms with Crippen molar-refractivity contribution in [1.29, 1.82) is 0 Å². The van der Waals surface area contributed by atoms with Gasteiger partial charge >= 0.3 is 6.18 Å². The van der Waals surface area contributed by atoms with Crippen LogP contribution in [-0.4, -0.2) is 28.7 Å². The number of hydrogen-bond donors (Lipinski definition) is 2. The van der Waals surface area contributed by atoms with Crippen LogP contribution in [0.1, 0.15) is 10.4 Å². The number of nitrogens with zero attached hydrogens (tertiary/aromatic N) is 1. The number of nitro benzene ring substituents is 1. The maximum atomic E-state index is 12.9. The highest BCUT2D eigenvalue weighted by Gasteiger charge is 2.46. The fourth-order valence-corrected chi connectivity index (χ4v) is 2.02. The minimum atomic E-state index is -5.31. The highest BCUT2D eigenvalue weighted by atomic mass is 19.4. The summed E-state index contributed by atoms with van der Waals surface area (Å²) in [5.41, 5.74) is 3.61. The summed E-state index contributed by atoms with van der Waals surface area (Å²) in [6, 6.07) is 5.77. The van der Waals surface area contributed by atoms with Crippen LogP contribution in [0, 0.1) is 15.9 Å². The van der Waals surface area contributed by atoms with Crippen LogP contribution in [0.2, 0.25) is 0 Å². The van der Waals surface area contributed by atoms with E-state index in [9.17, 15) is 37.3 Å². The van der Waals surface area contributed by atoms with E-state index < -0.39 is 34.5 Å². The van der Waals surface area contributed by atoms with Gasteiger partial charge in [-0.25, -0.2) is 9.82 Å². The van der Waals surface area contributed by atoms with Crippen molar-refractivity contribution in [2.24, 2.45) is 0 Å². The maximum absolute atomic E-state index is 12.9. The molecule has 0 amide bonds. The topological polar surface area (TPSA) is 101 Å². The second-order valence-electron chi connectivity index (χ2n) is 5.24. The molecule has 0 heterocycles. The smallest absolute Gasteiger partial charge is 0.320 e. The summed E-state index contributed by atoms with van der Waals surface area (Å²) in [6.45, 7) is 0. The number of hydrazine groups is 1. The number of hydrogen-bond acceptors (Lipinski definition) is 6. The number of carbonyl (C=O) groups excluding carboxylic acids is 2. The van der Waals surface area contributed by atoms with E-state index in [1.807, 2.05) is 5.43 Å².